The van der Waals surface area contributed by atoms with Gasteiger partial charge in [0.15, 0.2) is 11.2 Å². The van der Waals surface area contributed by atoms with Gasteiger partial charge in [0.1, 0.15) is 5.82 Å². The van der Waals surface area contributed by atoms with E-state index in [0.717, 1.165) is 17.8 Å². The predicted octanol–water partition coefficient (Wildman–Crippen LogP) is 2.89. The zero-order valence-corrected chi connectivity index (χ0v) is 16.0. The molecule has 142 valence electrons. The van der Waals surface area contributed by atoms with Crippen LogP contribution in [0.3, 0.4) is 0 Å². The molecule has 6 nitrogen and oxygen atoms in total. The van der Waals surface area contributed by atoms with Gasteiger partial charge in [-0.1, -0.05) is 55.5 Å². The molecule has 0 radical (unpaired) electrons. The molecule has 28 heavy (non-hydrogen) atoms. The fraction of sp³-hybridized carbons (Fsp3) is 0.227. The highest BCUT2D eigenvalue weighted by Crippen LogP contribution is 2.15. The first-order chi connectivity index (χ1) is 13.6. The van der Waals surface area contributed by atoms with Crippen molar-refractivity contribution in [2.24, 2.45) is 7.05 Å². The third-order valence-electron chi connectivity index (χ3n) is 4.92. The minimum atomic E-state index is -0.352. The smallest absolute Gasteiger partial charge is 0.325 e. The molecule has 0 aliphatic rings. The molecule has 0 aliphatic heterocycles. The van der Waals surface area contributed by atoms with Crippen LogP contribution < -0.4 is 11.2 Å². The maximum atomic E-state index is 13.3. The van der Waals surface area contributed by atoms with E-state index in [0.29, 0.717) is 29.8 Å². The van der Waals surface area contributed by atoms with Crippen LogP contribution in [0.25, 0.3) is 16.9 Å². The number of aryl methyl sites for hydroxylation is 2. The van der Waals surface area contributed by atoms with Crippen molar-refractivity contribution in [3.8, 4) is 5.69 Å². The van der Waals surface area contributed by atoms with Gasteiger partial charge < -0.3 is 4.57 Å². The largest absolute Gasteiger partial charge is 0.337 e. The van der Waals surface area contributed by atoms with E-state index in [1.807, 2.05) is 67.1 Å². The van der Waals surface area contributed by atoms with Crippen LogP contribution >= 0.6 is 0 Å². The summed E-state index contributed by atoms with van der Waals surface area (Å²) in [6.45, 7) is 2.51. The molecule has 0 aliphatic carbocycles. The van der Waals surface area contributed by atoms with Crippen LogP contribution in [0.4, 0.5) is 0 Å². The Balaban J connectivity index is 2.00. The van der Waals surface area contributed by atoms with Crippen molar-refractivity contribution in [1.82, 2.24) is 18.7 Å². The van der Waals surface area contributed by atoms with Crippen molar-refractivity contribution in [3.63, 3.8) is 0 Å². The Morgan fingerprint density at radius 3 is 2.21 bits per heavy atom. The van der Waals surface area contributed by atoms with Crippen molar-refractivity contribution in [2.75, 3.05) is 0 Å². The van der Waals surface area contributed by atoms with Crippen LogP contribution in [-0.2, 0) is 20.0 Å². The van der Waals surface area contributed by atoms with Gasteiger partial charge in [0, 0.05) is 20.0 Å². The molecule has 0 spiro atoms. The minimum Gasteiger partial charge on any atom is -0.325 e. The molecule has 4 aromatic rings. The Morgan fingerprint density at radius 2 is 1.57 bits per heavy atom. The summed E-state index contributed by atoms with van der Waals surface area (Å²) in [6, 6.07) is 19.0. The van der Waals surface area contributed by atoms with Crippen LogP contribution in [0, 0.1) is 0 Å². The summed E-state index contributed by atoms with van der Waals surface area (Å²) >= 11 is 0. The van der Waals surface area contributed by atoms with Gasteiger partial charge in [0.05, 0.1) is 5.69 Å². The first-order valence-corrected chi connectivity index (χ1v) is 9.42. The van der Waals surface area contributed by atoms with Gasteiger partial charge in [-0.15, -0.1) is 0 Å². The van der Waals surface area contributed by atoms with E-state index in [9.17, 15) is 9.59 Å². The van der Waals surface area contributed by atoms with E-state index >= 15 is 0 Å². The third-order valence-corrected chi connectivity index (χ3v) is 4.92. The van der Waals surface area contributed by atoms with E-state index in [-0.39, 0.29) is 11.2 Å². The summed E-state index contributed by atoms with van der Waals surface area (Å²) in [7, 11) is 1.84. The number of imidazole rings is 1. The standard InChI is InChI=1S/C22H22N4O2/c1-3-14-25-20-19(21(27)26(22(25)28)17-12-8-5-9-13-17)24(2)18(23-20)15-16-10-6-4-7-11-16/h4-13H,3,14-15H2,1-2H3. The number of para-hydroxylation sites is 1. The first-order valence-electron chi connectivity index (χ1n) is 9.42. The quantitative estimate of drug-likeness (QED) is 0.540. The fourth-order valence-corrected chi connectivity index (χ4v) is 3.53. The lowest BCUT2D eigenvalue weighted by Crippen LogP contribution is -2.39. The molecule has 2 aromatic carbocycles. The van der Waals surface area contributed by atoms with Crippen LogP contribution in [-0.4, -0.2) is 18.7 Å². The maximum Gasteiger partial charge on any atom is 0.337 e. The highest BCUT2D eigenvalue weighted by atomic mass is 16.2. The van der Waals surface area contributed by atoms with Gasteiger partial charge in [-0.05, 0) is 24.1 Å². The van der Waals surface area contributed by atoms with Gasteiger partial charge in [0.2, 0.25) is 0 Å². The topological polar surface area (TPSA) is 61.8 Å². The molecule has 2 aromatic heterocycles. The van der Waals surface area contributed by atoms with Crippen LogP contribution in [0.5, 0.6) is 0 Å². The zero-order chi connectivity index (χ0) is 19.7. The Labute approximate surface area is 162 Å². The molecule has 4 rings (SSSR count). The molecule has 2 heterocycles. The average molecular weight is 374 g/mol. The van der Waals surface area contributed by atoms with Crippen molar-refractivity contribution in [3.05, 3.63) is 92.9 Å². The minimum absolute atomic E-state index is 0.340. The Bertz CT molecular complexity index is 1240. The maximum absolute atomic E-state index is 13.3. The summed E-state index contributed by atoms with van der Waals surface area (Å²) in [5.41, 5.74) is 1.88. The van der Waals surface area contributed by atoms with Crippen molar-refractivity contribution < 1.29 is 0 Å². The van der Waals surface area contributed by atoms with E-state index in [1.54, 1.807) is 16.7 Å². The molecule has 0 fully saturated rings. The summed E-state index contributed by atoms with van der Waals surface area (Å²) in [6.07, 6.45) is 1.36. The van der Waals surface area contributed by atoms with Gasteiger partial charge in [-0.3, -0.25) is 9.36 Å². The number of rotatable bonds is 5. The van der Waals surface area contributed by atoms with Crippen molar-refractivity contribution in [2.45, 2.75) is 26.3 Å². The molecule has 0 atom stereocenters. The highest BCUT2D eigenvalue weighted by Gasteiger charge is 2.20. The number of hydrogen-bond donors (Lipinski definition) is 0. The number of benzene rings is 2. The van der Waals surface area contributed by atoms with Crippen LogP contribution in [0.1, 0.15) is 24.7 Å². The van der Waals surface area contributed by atoms with Crippen molar-refractivity contribution in [1.29, 1.82) is 0 Å². The lowest BCUT2D eigenvalue weighted by Gasteiger charge is -2.11. The molecule has 0 N–H and O–H groups in total. The predicted molar refractivity (Wildman–Crippen MR) is 110 cm³/mol. The van der Waals surface area contributed by atoms with Gasteiger partial charge >= 0.3 is 5.69 Å². The summed E-state index contributed by atoms with van der Waals surface area (Å²) in [5, 5.41) is 0. The monoisotopic (exact) mass is 374 g/mol. The second kappa shape index (κ2) is 7.31. The second-order valence-corrected chi connectivity index (χ2v) is 6.83. The normalized spacial score (nSPS) is 11.2. The molecule has 0 saturated heterocycles. The van der Waals surface area contributed by atoms with E-state index in [4.69, 9.17) is 4.98 Å². The summed E-state index contributed by atoms with van der Waals surface area (Å²) in [5.74, 6) is 0.758. The lowest BCUT2D eigenvalue weighted by molar-refractivity contribution is 0.631. The Hall–Kier alpha value is -3.41. The Morgan fingerprint density at radius 1 is 0.929 bits per heavy atom. The van der Waals surface area contributed by atoms with E-state index in [1.165, 1.54) is 4.57 Å². The molecular weight excluding hydrogens is 352 g/mol. The number of aromatic nitrogens is 4. The fourth-order valence-electron chi connectivity index (χ4n) is 3.53. The summed E-state index contributed by atoms with van der Waals surface area (Å²) in [4.78, 5) is 31.1. The SMILES string of the molecule is CCCn1c(=O)n(-c2ccccc2)c(=O)c2c1nc(Cc1ccccc1)n2C. The first kappa shape index (κ1) is 18.0. The Kier molecular flexibility index (Phi) is 4.69. The van der Waals surface area contributed by atoms with E-state index < -0.39 is 0 Å². The van der Waals surface area contributed by atoms with Gasteiger partial charge in [0.25, 0.3) is 5.56 Å². The van der Waals surface area contributed by atoms with Crippen LogP contribution in [0.2, 0.25) is 0 Å². The van der Waals surface area contributed by atoms with Gasteiger partial charge in [-0.2, -0.15) is 0 Å². The molecule has 6 heteroatoms. The molecule has 0 unspecified atom stereocenters. The zero-order valence-electron chi connectivity index (χ0n) is 16.0. The lowest BCUT2D eigenvalue weighted by atomic mass is 10.1. The average Bonchev–Trinajstić information content (AvgIpc) is 3.03. The number of fused-ring (bicyclic) bond motifs is 1. The van der Waals surface area contributed by atoms with Crippen molar-refractivity contribution >= 4 is 11.2 Å². The van der Waals surface area contributed by atoms with E-state index in [2.05, 4.69) is 0 Å². The molecular formula is C22H22N4O2. The molecule has 0 bridgehead atoms. The summed E-state index contributed by atoms with van der Waals surface area (Å²) < 4.78 is 4.67. The van der Waals surface area contributed by atoms with Gasteiger partial charge in [-0.25, -0.2) is 14.3 Å². The number of hydrogen-bond acceptors (Lipinski definition) is 3. The number of nitrogens with zero attached hydrogens (tertiary/aromatic N) is 4. The molecule has 0 amide bonds. The third kappa shape index (κ3) is 2.97. The van der Waals surface area contributed by atoms with Crippen LogP contribution in [0.15, 0.2) is 70.3 Å². The highest BCUT2D eigenvalue weighted by molar-refractivity contribution is 5.71. The second-order valence-electron chi connectivity index (χ2n) is 6.83. The molecule has 0 saturated carbocycles.